The number of aromatic nitrogens is 4. The Kier molecular flexibility index (Phi) is 10.2. The molecule has 0 fully saturated rings. The van der Waals surface area contributed by atoms with Crippen LogP contribution < -0.4 is 4.74 Å². The molecule has 3 aromatic heterocycles. The van der Waals surface area contributed by atoms with Crippen LogP contribution in [0.1, 0.15) is 43.1 Å². The number of nitrogens with zero attached hydrogens (tertiary/aromatic N) is 6. The van der Waals surface area contributed by atoms with E-state index < -0.39 is 17.9 Å². The molecule has 11 nitrogen and oxygen atoms in total. The average molecular weight is 666 g/mol. The van der Waals surface area contributed by atoms with Crippen LogP contribution in [0.15, 0.2) is 71.9 Å². The molecule has 1 atom stereocenters. The lowest BCUT2D eigenvalue weighted by atomic mass is 10.00. The number of carbonyl (C=O) groups excluding carboxylic acids is 1. The maximum atomic E-state index is 13.3. The summed E-state index contributed by atoms with van der Waals surface area (Å²) in [7, 11) is 0. The lowest BCUT2D eigenvalue weighted by Gasteiger charge is -2.32. The Morgan fingerprint density at radius 1 is 1.05 bits per heavy atom. The van der Waals surface area contributed by atoms with Gasteiger partial charge in [0.2, 0.25) is 0 Å². The minimum absolute atomic E-state index is 0.137. The largest absolute Gasteiger partial charge is 0.489 e. The van der Waals surface area contributed by atoms with Gasteiger partial charge in [-0.05, 0) is 57.2 Å². The number of aromatic carboxylic acids is 1. The molecule has 1 amide bonds. The van der Waals surface area contributed by atoms with Gasteiger partial charge in [0.05, 0.1) is 42.4 Å². The number of fused-ring (bicyclic) bond motifs is 2. The Hall–Kier alpha value is -4.33. The van der Waals surface area contributed by atoms with Crippen molar-refractivity contribution < 1.29 is 28.9 Å². The summed E-state index contributed by atoms with van der Waals surface area (Å²) in [6.07, 6.45) is 6.69. The zero-order valence-corrected chi connectivity index (χ0v) is 25.2. The van der Waals surface area contributed by atoms with Gasteiger partial charge in [0.25, 0.3) is 5.91 Å². The number of β-amino-alcohol motifs (C(OH)–C–C–N with tert-alkyl or cyclic N) is 1. The van der Waals surface area contributed by atoms with E-state index in [4.69, 9.17) is 9.84 Å². The summed E-state index contributed by atoms with van der Waals surface area (Å²) < 4.78 is 18.6. The van der Waals surface area contributed by atoms with Gasteiger partial charge in [-0.15, -0.1) is 0 Å². The summed E-state index contributed by atoms with van der Waals surface area (Å²) >= 11 is 2.92. The fraction of sp³-hybridized carbons (Fsp3) is 0.290. The van der Waals surface area contributed by atoms with E-state index in [0.29, 0.717) is 42.0 Å². The molecule has 1 aromatic carbocycles. The monoisotopic (exact) mass is 664 g/mol. The van der Waals surface area contributed by atoms with Crippen molar-refractivity contribution >= 4 is 27.8 Å². The molecule has 2 aliphatic heterocycles. The van der Waals surface area contributed by atoms with Crippen LogP contribution in [0.4, 0.5) is 4.39 Å². The van der Waals surface area contributed by atoms with Gasteiger partial charge in [0.15, 0.2) is 5.82 Å². The van der Waals surface area contributed by atoms with Crippen molar-refractivity contribution in [3.05, 3.63) is 111 Å². The van der Waals surface area contributed by atoms with Crippen molar-refractivity contribution in [3.8, 4) is 5.75 Å². The quantitative estimate of drug-likeness (QED) is 0.282. The zero-order chi connectivity index (χ0) is 31.1. The van der Waals surface area contributed by atoms with Crippen molar-refractivity contribution in [2.75, 3.05) is 32.8 Å². The van der Waals surface area contributed by atoms with Gasteiger partial charge in [0.1, 0.15) is 17.0 Å². The highest BCUT2D eigenvalue weighted by Gasteiger charge is 2.27. The predicted octanol–water partition coefficient (Wildman–Crippen LogP) is 3.40. The number of ether oxygens (including phenoxy) is 1. The molecule has 1 unspecified atom stereocenters. The second-order valence-electron chi connectivity index (χ2n) is 10.4. The number of pyridine rings is 2. The predicted molar refractivity (Wildman–Crippen MR) is 161 cm³/mol. The van der Waals surface area contributed by atoms with E-state index in [-0.39, 0.29) is 18.0 Å². The van der Waals surface area contributed by atoms with Crippen LogP contribution in [0.3, 0.4) is 0 Å². The zero-order valence-electron chi connectivity index (χ0n) is 23.6. The Bertz CT molecular complexity index is 1630. The molecule has 0 spiro atoms. The lowest BCUT2D eigenvalue weighted by molar-refractivity contribution is 0.0501. The highest BCUT2D eigenvalue weighted by atomic mass is 79.9. The van der Waals surface area contributed by atoms with Gasteiger partial charge >= 0.3 is 5.97 Å². The number of halogens is 2. The summed E-state index contributed by atoms with van der Waals surface area (Å²) in [5.41, 5.74) is 4.52. The van der Waals surface area contributed by atoms with Crippen LogP contribution in [0.5, 0.6) is 5.75 Å². The summed E-state index contributed by atoms with van der Waals surface area (Å²) in [5.74, 6) is -1.78. The average Bonchev–Trinajstić information content (AvgIpc) is 3.17. The Balaban J connectivity index is 0.000000296. The number of benzene rings is 1. The topological polar surface area (TPSA) is 142 Å². The standard InChI is InChI=1S/C25H27N5O3.C6H3BrFNO2/c31-22(16-29-8-6-19-3-1-2-4-20(19)15-29)17-30-9-10-33-24-14-26-21(12-23(24)25(30)32)11-18-5-7-27-28-13-18;7-5-1-3(6(10)11)4(8)2-9-5/h1-5,7,12-14,22,31H,6,8-11,15-17H2;1-2H,(H,10,11). The molecule has 0 aliphatic carbocycles. The molecule has 6 rings (SSSR count). The van der Waals surface area contributed by atoms with Crippen LogP contribution in [0.25, 0.3) is 0 Å². The van der Waals surface area contributed by atoms with Crippen molar-refractivity contribution in [2.24, 2.45) is 0 Å². The molecular formula is C31H30BrFN6O5. The van der Waals surface area contributed by atoms with Gasteiger partial charge in [-0.3, -0.25) is 14.7 Å². The molecule has 0 saturated heterocycles. The fourth-order valence-corrected chi connectivity index (χ4v) is 5.44. The van der Waals surface area contributed by atoms with Gasteiger partial charge in [-0.25, -0.2) is 14.2 Å². The maximum absolute atomic E-state index is 13.3. The maximum Gasteiger partial charge on any atom is 0.338 e. The first-order chi connectivity index (χ1) is 21.3. The normalized spacial score (nSPS) is 15.2. The highest BCUT2D eigenvalue weighted by Crippen LogP contribution is 2.24. The number of hydrogen-bond acceptors (Lipinski definition) is 9. The minimum Gasteiger partial charge on any atom is -0.489 e. The molecule has 2 aliphatic rings. The number of hydrogen-bond donors (Lipinski definition) is 2. The number of carboxylic acids is 1. The van der Waals surface area contributed by atoms with Crippen molar-refractivity contribution in [1.29, 1.82) is 0 Å². The Morgan fingerprint density at radius 3 is 2.61 bits per heavy atom. The van der Waals surface area contributed by atoms with Crippen molar-refractivity contribution in [1.82, 2.24) is 30.0 Å². The first-order valence-corrected chi connectivity index (χ1v) is 14.7. The van der Waals surface area contributed by atoms with Crippen molar-refractivity contribution in [3.63, 3.8) is 0 Å². The molecule has 5 heterocycles. The van der Waals surface area contributed by atoms with E-state index in [0.717, 1.165) is 43.0 Å². The summed E-state index contributed by atoms with van der Waals surface area (Å²) in [6.45, 7) is 3.34. The smallest absolute Gasteiger partial charge is 0.338 e. The van der Waals surface area contributed by atoms with E-state index in [1.807, 2.05) is 6.07 Å². The van der Waals surface area contributed by atoms with Gasteiger partial charge in [-0.2, -0.15) is 10.2 Å². The molecule has 13 heteroatoms. The van der Waals surface area contributed by atoms with E-state index in [9.17, 15) is 19.1 Å². The minimum atomic E-state index is -1.30. The molecule has 0 saturated carbocycles. The summed E-state index contributed by atoms with van der Waals surface area (Å²) in [4.78, 5) is 35.5. The Labute approximate surface area is 261 Å². The van der Waals surface area contributed by atoms with Crippen LogP contribution in [0, 0.1) is 5.82 Å². The molecule has 2 N–H and O–H groups in total. The van der Waals surface area contributed by atoms with Gasteiger partial charge < -0.3 is 19.8 Å². The lowest BCUT2D eigenvalue weighted by Crippen LogP contribution is -2.44. The number of carboxylic acid groups (broad SMARTS) is 1. The number of amides is 1. The van der Waals surface area contributed by atoms with Crippen LogP contribution in [-0.2, 0) is 19.4 Å². The van der Waals surface area contributed by atoms with E-state index in [1.54, 1.807) is 29.6 Å². The molecule has 4 aromatic rings. The van der Waals surface area contributed by atoms with Crippen LogP contribution in [-0.4, -0.2) is 90.9 Å². The first-order valence-electron chi connectivity index (χ1n) is 13.9. The summed E-state index contributed by atoms with van der Waals surface area (Å²) in [6, 6.07) is 13.2. The Morgan fingerprint density at radius 2 is 1.86 bits per heavy atom. The third-order valence-electron chi connectivity index (χ3n) is 7.25. The molecule has 228 valence electrons. The number of aliphatic hydroxyl groups is 1. The molecular weight excluding hydrogens is 635 g/mol. The van der Waals surface area contributed by atoms with Gasteiger partial charge in [-0.1, -0.05) is 24.3 Å². The van der Waals surface area contributed by atoms with E-state index >= 15 is 0 Å². The fourth-order valence-electron chi connectivity index (χ4n) is 5.11. The van der Waals surface area contributed by atoms with Crippen LogP contribution in [0.2, 0.25) is 0 Å². The number of rotatable bonds is 7. The van der Waals surface area contributed by atoms with E-state index in [1.165, 1.54) is 11.1 Å². The third kappa shape index (κ3) is 7.98. The van der Waals surface area contributed by atoms with Crippen LogP contribution >= 0.6 is 15.9 Å². The second kappa shape index (κ2) is 14.4. The second-order valence-corrected chi connectivity index (χ2v) is 11.2. The van der Waals surface area contributed by atoms with E-state index in [2.05, 4.69) is 65.3 Å². The summed E-state index contributed by atoms with van der Waals surface area (Å²) in [5, 5.41) is 26.9. The van der Waals surface area contributed by atoms with Gasteiger partial charge in [0, 0.05) is 44.5 Å². The first kappa shape index (κ1) is 31.1. The molecule has 0 radical (unpaired) electrons. The highest BCUT2D eigenvalue weighted by molar-refractivity contribution is 9.10. The SMILES string of the molecule is O=C(O)c1cc(Br)ncc1F.O=C1c2cc(Cc3ccnnc3)ncc2OCCN1CC(O)CN1CCc2ccccc2C1. The number of aliphatic hydroxyl groups excluding tert-OH is 1. The molecule has 44 heavy (non-hydrogen) atoms. The molecule has 0 bridgehead atoms. The van der Waals surface area contributed by atoms with Crippen molar-refractivity contribution in [2.45, 2.75) is 25.5 Å². The number of carbonyl (C=O) groups is 2. The third-order valence-corrected chi connectivity index (χ3v) is 7.69.